The fourth-order valence-corrected chi connectivity index (χ4v) is 4.28. The largest absolute Gasteiger partial charge is 0.269 e. The number of aromatic nitrogens is 2. The number of para-hydroxylation sites is 1. The lowest BCUT2D eigenvalue weighted by molar-refractivity contribution is 0.531. The molecule has 0 fully saturated rings. The van der Waals surface area contributed by atoms with Crippen LogP contribution in [-0.2, 0) is 10.0 Å². The molecule has 118 valence electrons. The van der Waals surface area contributed by atoms with Crippen LogP contribution in [0.5, 0.6) is 0 Å². The highest BCUT2D eigenvalue weighted by atomic mass is 32.2. The number of hydrogen-bond acceptors (Lipinski definition) is 3. The summed E-state index contributed by atoms with van der Waals surface area (Å²) in [5.41, 5.74) is 1.88. The van der Waals surface area contributed by atoms with E-state index >= 15 is 0 Å². The second kappa shape index (κ2) is 5.43. The second-order valence-electron chi connectivity index (χ2n) is 6.08. The molecule has 0 saturated carbocycles. The van der Waals surface area contributed by atoms with Gasteiger partial charge in [-0.15, -0.1) is 0 Å². The van der Waals surface area contributed by atoms with Gasteiger partial charge in [0.15, 0.2) is 0 Å². The van der Waals surface area contributed by atoms with Gasteiger partial charge in [0.2, 0.25) is 0 Å². The molecule has 1 aliphatic heterocycles. The van der Waals surface area contributed by atoms with E-state index in [2.05, 4.69) is 12.0 Å². The van der Waals surface area contributed by atoms with Gasteiger partial charge in [-0.2, -0.15) is 5.10 Å². The van der Waals surface area contributed by atoms with Crippen molar-refractivity contribution < 1.29 is 8.42 Å². The predicted molar refractivity (Wildman–Crippen MR) is 86.6 cm³/mol. The monoisotopic (exact) mass is 319 g/mol. The van der Waals surface area contributed by atoms with E-state index in [-0.39, 0.29) is 10.9 Å². The molecule has 0 radical (unpaired) electrons. The molecule has 0 amide bonds. The third-order valence-electron chi connectivity index (χ3n) is 4.20. The summed E-state index contributed by atoms with van der Waals surface area (Å²) in [4.78, 5) is 0.255. The molecule has 5 nitrogen and oxygen atoms in total. The lowest BCUT2D eigenvalue weighted by atomic mass is 9.93. The predicted octanol–water partition coefficient (Wildman–Crippen LogP) is 3.17. The van der Waals surface area contributed by atoms with Crippen LogP contribution in [0.25, 0.3) is 0 Å². The van der Waals surface area contributed by atoms with Crippen LogP contribution in [0.1, 0.15) is 44.7 Å². The van der Waals surface area contributed by atoms with Crippen LogP contribution in [0.3, 0.4) is 0 Å². The Morgan fingerprint density at radius 2 is 2.00 bits per heavy atom. The molecular formula is C16H21N3O2S. The number of rotatable bonds is 3. The zero-order valence-corrected chi connectivity index (χ0v) is 13.9. The van der Waals surface area contributed by atoms with Gasteiger partial charge in [0, 0.05) is 18.8 Å². The molecule has 0 aliphatic carbocycles. The molecule has 0 bridgehead atoms. The highest BCUT2D eigenvalue weighted by molar-refractivity contribution is 7.92. The van der Waals surface area contributed by atoms with Gasteiger partial charge in [0.1, 0.15) is 4.90 Å². The Hall–Kier alpha value is -1.82. The number of benzene rings is 1. The molecule has 0 N–H and O–H groups in total. The van der Waals surface area contributed by atoms with Crippen LogP contribution in [0.15, 0.2) is 41.6 Å². The fourth-order valence-electron chi connectivity index (χ4n) is 2.83. The molecule has 1 aliphatic rings. The summed E-state index contributed by atoms with van der Waals surface area (Å²) in [6, 6.07) is 7.88. The van der Waals surface area contributed by atoms with Crippen molar-refractivity contribution in [3.63, 3.8) is 0 Å². The van der Waals surface area contributed by atoms with E-state index in [9.17, 15) is 8.42 Å². The standard InChI is InChI=1S/C16H21N3O2S/c1-12(2)18-11-14(10-17-18)22(20,21)19-9-8-13(3)15-6-4-5-7-16(15)19/h4-7,10-13H,8-9H2,1-3H3. The van der Waals surface area contributed by atoms with Crippen molar-refractivity contribution in [1.29, 1.82) is 0 Å². The lowest BCUT2D eigenvalue weighted by Crippen LogP contribution is -2.36. The highest BCUT2D eigenvalue weighted by Crippen LogP contribution is 2.37. The van der Waals surface area contributed by atoms with Crippen molar-refractivity contribution in [2.45, 2.75) is 44.0 Å². The van der Waals surface area contributed by atoms with Crippen LogP contribution in [-0.4, -0.2) is 24.7 Å². The minimum atomic E-state index is -3.56. The number of fused-ring (bicyclic) bond motifs is 1. The number of hydrogen-bond donors (Lipinski definition) is 0. The maximum Gasteiger partial charge on any atom is 0.267 e. The maximum absolute atomic E-state index is 13.0. The van der Waals surface area contributed by atoms with E-state index in [4.69, 9.17) is 0 Å². The van der Waals surface area contributed by atoms with E-state index in [1.807, 2.05) is 38.1 Å². The summed E-state index contributed by atoms with van der Waals surface area (Å²) in [6.45, 7) is 6.59. The Bertz CT molecular complexity index is 780. The molecule has 1 aromatic carbocycles. The van der Waals surface area contributed by atoms with Crippen LogP contribution in [0, 0.1) is 0 Å². The van der Waals surface area contributed by atoms with Crippen molar-refractivity contribution in [2.24, 2.45) is 0 Å². The smallest absolute Gasteiger partial charge is 0.267 e. The minimum Gasteiger partial charge on any atom is -0.269 e. The van der Waals surface area contributed by atoms with E-state index in [0.717, 1.165) is 17.7 Å². The van der Waals surface area contributed by atoms with Gasteiger partial charge in [0.25, 0.3) is 10.0 Å². The Morgan fingerprint density at radius 3 is 2.68 bits per heavy atom. The Balaban J connectivity index is 2.04. The van der Waals surface area contributed by atoms with Crippen LogP contribution in [0.2, 0.25) is 0 Å². The summed E-state index contributed by atoms with van der Waals surface area (Å²) in [5.74, 6) is 0.376. The zero-order chi connectivity index (χ0) is 15.9. The third kappa shape index (κ3) is 2.41. The molecule has 3 rings (SSSR count). The molecule has 1 aromatic heterocycles. The lowest BCUT2D eigenvalue weighted by Gasteiger charge is -2.33. The third-order valence-corrected chi connectivity index (χ3v) is 5.96. The molecule has 0 spiro atoms. The number of sulfonamides is 1. The fraction of sp³-hybridized carbons (Fsp3) is 0.438. The van der Waals surface area contributed by atoms with Gasteiger partial charge in [-0.25, -0.2) is 8.42 Å². The first-order valence-electron chi connectivity index (χ1n) is 7.57. The van der Waals surface area contributed by atoms with Gasteiger partial charge in [-0.05, 0) is 37.8 Å². The quantitative estimate of drug-likeness (QED) is 0.873. The normalized spacial score (nSPS) is 18.5. The Morgan fingerprint density at radius 1 is 1.27 bits per heavy atom. The zero-order valence-electron chi connectivity index (χ0n) is 13.1. The van der Waals surface area contributed by atoms with Crippen molar-refractivity contribution in [3.8, 4) is 0 Å². The molecule has 1 atom stereocenters. The van der Waals surface area contributed by atoms with Crippen molar-refractivity contribution in [3.05, 3.63) is 42.2 Å². The summed E-state index contributed by atoms with van der Waals surface area (Å²) in [7, 11) is -3.56. The minimum absolute atomic E-state index is 0.137. The molecule has 6 heteroatoms. The van der Waals surface area contributed by atoms with Gasteiger partial charge >= 0.3 is 0 Å². The summed E-state index contributed by atoms with van der Waals surface area (Å²) < 4.78 is 29.1. The summed E-state index contributed by atoms with van der Waals surface area (Å²) in [5, 5.41) is 4.16. The first kappa shape index (κ1) is 15.1. The average molecular weight is 319 g/mol. The van der Waals surface area contributed by atoms with E-state index in [0.29, 0.717) is 12.5 Å². The Kier molecular flexibility index (Phi) is 3.72. The first-order valence-corrected chi connectivity index (χ1v) is 9.01. The number of nitrogens with zero attached hydrogens (tertiary/aromatic N) is 3. The first-order chi connectivity index (χ1) is 10.4. The van der Waals surface area contributed by atoms with Gasteiger partial charge < -0.3 is 0 Å². The summed E-state index contributed by atoms with van der Waals surface area (Å²) >= 11 is 0. The van der Waals surface area contributed by atoms with Crippen molar-refractivity contribution in [1.82, 2.24) is 9.78 Å². The second-order valence-corrected chi connectivity index (χ2v) is 7.94. The Labute approximate surface area is 131 Å². The highest BCUT2D eigenvalue weighted by Gasteiger charge is 2.32. The van der Waals surface area contributed by atoms with E-state index in [1.54, 1.807) is 10.9 Å². The average Bonchev–Trinajstić information content (AvgIpc) is 2.98. The molecular weight excluding hydrogens is 298 g/mol. The molecule has 0 saturated heterocycles. The van der Waals surface area contributed by atoms with Crippen LogP contribution in [0.4, 0.5) is 5.69 Å². The van der Waals surface area contributed by atoms with Gasteiger partial charge in [-0.3, -0.25) is 8.99 Å². The van der Waals surface area contributed by atoms with E-state index in [1.165, 1.54) is 10.5 Å². The van der Waals surface area contributed by atoms with Crippen molar-refractivity contribution >= 4 is 15.7 Å². The van der Waals surface area contributed by atoms with Gasteiger partial charge in [-0.1, -0.05) is 25.1 Å². The number of anilines is 1. The van der Waals surface area contributed by atoms with E-state index < -0.39 is 10.0 Å². The topological polar surface area (TPSA) is 55.2 Å². The molecule has 2 heterocycles. The van der Waals surface area contributed by atoms with Crippen LogP contribution < -0.4 is 4.31 Å². The summed E-state index contributed by atoms with van der Waals surface area (Å²) in [6.07, 6.45) is 3.88. The van der Waals surface area contributed by atoms with Crippen LogP contribution >= 0.6 is 0 Å². The molecule has 1 unspecified atom stereocenters. The SMILES string of the molecule is CC1CCN(S(=O)(=O)c2cnn(C(C)C)c2)c2ccccc21. The van der Waals surface area contributed by atoms with Gasteiger partial charge in [0.05, 0.1) is 11.9 Å². The molecule has 22 heavy (non-hydrogen) atoms. The van der Waals surface area contributed by atoms with Crippen molar-refractivity contribution in [2.75, 3.05) is 10.8 Å². The molecule has 2 aromatic rings. The maximum atomic E-state index is 13.0.